The minimum atomic E-state index is -0.446. The first-order valence-electron chi connectivity index (χ1n) is 9.89. The van der Waals surface area contributed by atoms with Gasteiger partial charge in [-0.15, -0.1) is 0 Å². The van der Waals surface area contributed by atoms with Crippen LogP contribution in [0.4, 0.5) is 17.1 Å². The molecule has 2 aromatic carbocycles. The quantitative estimate of drug-likeness (QED) is 0.287. The van der Waals surface area contributed by atoms with Crippen molar-refractivity contribution in [3.63, 3.8) is 0 Å². The van der Waals surface area contributed by atoms with Crippen LogP contribution in [-0.4, -0.2) is 47.3 Å². The highest BCUT2D eigenvalue weighted by atomic mass is 16.6. The van der Waals surface area contributed by atoms with Crippen LogP contribution in [0.15, 0.2) is 58.8 Å². The molecule has 0 saturated carbocycles. The molecule has 1 heterocycles. The number of hydrogen-bond acceptors (Lipinski definition) is 7. The highest BCUT2D eigenvalue weighted by Gasteiger charge is 2.15. The van der Waals surface area contributed by atoms with Crippen LogP contribution in [0, 0.1) is 10.1 Å². The highest BCUT2D eigenvalue weighted by Crippen LogP contribution is 2.23. The number of likely N-dealkylation sites (tertiary alicyclic amines) is 1. The first-order valence-corrected chi connectivity index (χ1v) is 9.89. The van der Waals surface area contributed by atoms with Crippen molar-refractivity contribution in [2.24, 2.45) is 10.2 Å². The average molecular weight is 398 g/mol. The molecule has 1 N–H and O–H groups in total. The lowest BCUT2D eigenvalue weighted by Gasteiger charge is -2.29. The summed E-state index contributed by atoms with van der Waals surface area (Å²) in [5, 5.41) is 28.4. The molecule has 0 radical (unpaired) electrons. The van der Waals surface area contributed by atoms with Gasteiger partial charge in [-0.25, -0.2) is 0 Å². The number of rotatable bonds is 9. The van der Waals surface area contributed by atoms with Crippen molar-refractivity contribution in [3.8, 4) is 5.75 Å². The predicted molar refractivity (Wildman–Crippen MR) is 110 cm³/mol. The summed E-state index contributed by atoms with van der Waals surface area (Å²) < 4.78 is 5.77. The summed E-state index contributed by atoms with van der Waals surface area (Å²) in [5.41, 5.74) is 1.27. The van der Waals surface area contributed by atoms with Gasteiger partial charge in [0.25, 0.3) is 5.69 Å². The van der Waals surface area contributed by atoms with E-state index in [1.807, 2.05) is 24.3 Å². The molecule has 0 amide bonds. The number of unbranched alkanes of at least 4 members (excludes halogenated alkanes) is 1. The number of aliphatic hydroxyl groups excluding tert-OH is 1. The molecule has 2 aromatic rings. The molecular formula is C21H26N4O4. The van der Waals surface area contributed by atoms with E-state index in [1.54, 1.807) is 12.1 Å². The molecule has 1 saturated heterocycles. The van der Waals surface area contributed by atoms with Crippen LogP contribution < -0.4 is 4.74 Å². The fraction of sp³-hybridized carbons (Fsp3) is 0.429. The lowest BCUT2D eigenvalue weighted by molar-refractivity contribution is -0.384. The highest BCUT2D eigenvalue weighted by molar-refractivity contribution is 5.45. The van der Waals surface area contributed by atoms with Crippen LogP contribution in [0.3, 0.4) is 0 Å². The summed E-state index contributed by atoms with van der Waals surface area (Å²) >= 11 is 0. The fourth-order valence-electron chi connectivity index (χ4n) is 3.14. The Labute approximate surface area is 170 Å². The van der Waals surface area contributed by atoms with E-state index in [0.29, 0.717) is 18.0 Å². The van der Waals surface area contributed by atoms with Crippen LogP contribution in [0.2, 0.25) is 0 Å². The van der Waals surface area contributed by atoms with E-state index in [-0.39, 0.29) is 11.8 Å². The molecule has 0 aromatic heterocycles. The van der Waals surface area contributed by atoms with Gasteiger partial charge < -0.3 is 14.7 Å². The number of ether oxygens (including phenoxy) is 1. The van der Waals surface area contributed by atoms with Gasteiger partial charge in [0.05, 0.1) is 29.0 Å². The van der Waals surface area contributed by atoms with E-state index in [1.165, 1.54) is 12.1 Å². The number of piperidine rings is 1. The number of nitrogens with zero attached hydrogens (tertiary/aromatic N) is 4. The van der Waals surface area contributed by atoms with E-state index in [0.717, 1.165) is 51.1 Å². The normalized spacial score (nSPS) is 15.6. The molecule has 3 rings (SSSR count). The number of benzene rings is 2. The molecule has 154 valence electrons. The summed E-state index contributed by atoms with van der Waals surface area (Å²) in [7, 11) is 0. The maximum Gasteiger partial charge on any atom is 0.269 e. The third kappa shape index (κ3) is 6.92. The first-order chi connectivity index (χ1) is 14.1. The van der Waals surface area contributed by atoms with E-state index in [9.17, 15) is 15.2 Å². The molecule has 8 heteroatoms. The fourth-order valence-corrected chi connectivity index (χ4v) is 3.14. The number of non-ortho nitro benzene ring substituents is 1. The summed E-state index contributed by atoms with van der Waals surface area (Å²) in [4.78, 5) is 12.6. The molecule has 0 bridgehead atoms. The molecule has 1 aliphatic rings. The summed E-state index contributed by atoms with van der Waals surface area (Å²) in [6.45, 7) is 3.69. The summed E-state index contributed by atoms with van der Waals surface area (Å²) in [6, 6.07) is 13.3. The Hall–Kier alpha value is -2.84. The summed E-state index contributed by atoms with van der Waals surface area (Å²) in [5.74, 6) is 0.792. The van der Waals surface area contributed by atoms with Gasteiger partial charge in [-0.1, -0.05) is 0 Å². The van der Waals surface area contributed by atoms with Gasteiger partial charge in [-0.3, -0.25) is 10.1 Å². The molecule has 1 aliphatic heterocycles. The van der Waals surface area contributed by atoms with Crippen molar-refractivity contribution < 1.29 is 14.8 Å². The van der Waals surface area contributed by atoms with Crippen LogP contribution in [0.25, 0.3) is 0 Å². The molecular weight excluding hydrogens is 372 g/mol. The van der Waals surface area contributed by atoms with E-state index >= 15 is 0 Å². The Morgan fingerprint density at radius 1 is 1.00 bits per heavy atom. The number of nitro groups is 1. The topological polar surface area (TPSA) is 101 Å². The van der Waals surface area contributed by atoms with Gasteiger partial charge >= 0.3 is 0 Å². The first kappa shape index (κ1) is 20.9. The van der Waals surface area contributed by atoms with E-state index in [2.05, 4.69) is 15.1 Å². The van der Waals surface area contributed by atoms with Crippen LogP contribution in [0.5, 0.6) is 5.75 Å². The second kappa shape index (κ2) is 10.6. The molecule has 1 fully saturated rings. The Kier molecular flexibility index (Phi) is 7.66. The van der Waals surface area contributed by atoms with E-state index in [4.69, 9.17) is 4.74 Å². The average Bonchev–Trinajstić information content (AvgIpc) is 2.74. The van der Waals surface area contributed by atoms with Crippen molar-refractivity contribution in [3.05, 3.63) is 58.6 Å². The van der Waals surface area contributed by atoms with Crippen molar-refractivity contribution in [2.75, 3.05) is 26.2 Å². The van der Waals surface area contributed by atoms with Crippen molar-refractivity contribution >= 4 is 17.1 Å². The molecule has 0 atom stereocenters. The Bertz CT molecular complexity index is 800. The molecule has 29 heavy (non-hydrogen) atoms. The van der Waals surface area contributed by atoms with Gasteiger partial charge in [-0.2, -0.15) is 10.2 Å². The molecule has 8 nitrogen and oxygen atoms in total. The van der Waals surface area contributed by atoms with E-state index < -0.39 is 4.92 Å². The second-order valence-electron chi connectivity index (χ2n) is 7.10. The van der Waals surface area contributed by atoms with Crippen molar-refractivity contribution in [2.45, 2.75) is 31.8 Å². The number of hydrogen-bond donors (Lipinski definition) is 1. The van der Waals surface area contributed by atoms with Crippen LogP contribution >= 0.6 is 0 Å². The zero-order chi connectivity index (χ0) is 20.5. The van der Waals surface area contributed by atoms with Crippen molar-refractivity contribution in [1.29, 1.82) is 0 Å². The minimum Gasteiger partial charge on any atom is -0.494 e. The lowest BCUT2D eigenvalue weighted by atomic mass is 10.1. The smallest absolute Gasteiger partial charge is 0.269 e. The third-order valence-corrected chi connectivity index (χ3v) is 4.87. The van der Waals surface area contributed by atoms with Gasteiger partial charge in [0.2, 0.25) is 0 Å². The van der Waals surface area contributed by atoms with Gasteiger partial charge in [0, 0.05) is 25.2 Å². The maximum absolute atomic E-state index is 10.6. The van der Waals surface area contributed by atoms with Gasteiger partial charge in [0.1, 0.15) is 5.75 Å². The third-order valence-electron chi connectivity index (χ3n) is 4.87. The number of azo groups is 1. The lowest BCUT2D eigenvalue weighted by Crippen LogP contribution is -2.36. The molecule has 0 aliphatic carbocycles. The Morgan fingerprint density at radius 2 is 1.59 bits per heavy atom. The van der Waals surface area contributed by atoms with Gasteiger partial charge in [-0.05, 0) is 68.6 Å². The van der Waals surface area contributed by atoms with Gasteiger partial charge in [0.15, 0.2) is 0 Å². The standard InChI is InChI=1S/C21H26N4O4/c26-20-11-14-24(15-12-20)13-1-2-16-29-21-9-5-18(6-10-21)23-22-17-3-7-19(8-4-17)25(27)28/h3-10,20,26H,1-2,11-16H2. The maximum atomic E-state index is 10.6. The number of nitro benzene ring substituents is 1. The number of aliphatic hydroxyl groups is 1. The molecule has 0 unspecified atom stereocenters. The molecule has 0 spiro atoms. The summed E-state index contributed by atoms with van der Waals surface area (Å²) in [6.07, 6.45) is 3.71. The van der Waals surface area contributed by atoms with Crippen LogP contribution in [-0.2, 0) is 0 Å². The SMILES string of the molecule is O=[N+]([O-])c1ccc(N=Nc2ccc(OCCCCN3CCC(O)CC3)cc2)cc1. The van der Waals surface area contributed by atoms with Crippen LogP contribution in [0.1, 0.15) is 25.7 Å². The second-order valence-corrected chi connectivity index (χ2v) is 7.10. The Balaban J connectivity index is 1.36. The predicted octanol–water partition coefficient (Wildman–Crippen LogP) is 4.63. The minimum absolute atomic E-state index is 0.0279. The zero-order valence-corrected chi connectivity index (χ0v) is 16.3. The van der Waals surface area contributed by atoms with Crippen molar-refractivity contribution in [1.82, 2.24) is 4.90 Å². The largest absolute Gasteiger partial charge is 0.494 e. The Morgan fingerprint density at radius 3 is 2.17 bits per heavy atom. The monoisotopic (exact) mass is 398 g/mol. The zero-order valence-electron chi connectivity index (χ0n) is 16.3.